The Labute approximate surface area is 171 Å². The summed E-state index contributed by atoms with van der Waals surface area (Å²) in [7, 11) is -3.37. The predicted octanol–water partition coefficient (Wildman–Crippen LogP) is 2.15. The van der Waals surface area contributed by atoms with Crippen molar-refractivity contribution in [1.29, 1.82) is 0 Å². The summed E-state index contributed by atoms with van der Waals surface area (Å²) in [5.74, 6) is 0.621. The third-order valence-corrected chi connectivity index (χ3v) is 7.40. The molecule has 0 atom stereocenters. The van der Waals surface area contributed by atoms with E-state index in [0.717, 1.165) is 29.1 Å². The summed E-state index contributed by atoms with van der Waals surface area (Å²) in [5.41, 5.74) is 1.89. The number of para-hydroxylation sites is 1. The zero-order valence-corrected chi connectivity index (χ0v) is 17.9. The lowest BCUT2D eigenvalue weighted by Gasteiger charge is -2.20. The van der Waals surface area contributed by atoms with Crippen molar-refractivity contribution in [3.05, 3.63) is 45.9 Å². The van der Waals surface area contributed by atoms with Gasteiger partial charge in [-0.1, -0.05) is 25.1 Å². The number of aryl methyl sites for hydroxylation is 1. The number of hydrogen-bond acceptors (Lipinski definition) is 5. The fraction of sp³-hybridized carbons (Fsp3) is 0.474. The van der Waals surface area contributed by atoms with Gasteiger partial charge in [0, 0.05) is 30.7 Å². The van der Waals surface area contributed by atoms with Crippen LogP contribution in [0.1, 0.15) is 29.3 Å². The first-order valence-electron chi connectivity index (χ1n) is 9.57. The number of aliphatic imine (C=N–C) groups is 1. The standard InChI is InChI=1S/C19H27N5O2S2/c1-3-16-13-22-18(27-16)14-23-19(20-4-2)21-10-12-28(25,26)24-11-9-15-7-5-6-8-17(15)24/h5-8,13H,3-4,9-12,14H2,1-2H3,(H2,20,21,23). The minimum atomic E-state index is -3.37. The highest BCUT2D eigenvalue weighted by Crippen LogP contribution is 2.29. The molecule has 28 heavy (non-hydrogen) atoms. The van der Waals surface area contributed by atoms with Crippen LogP contribution in [0.4, 0.5) is 5.69 Å². The number of nitrogens with one attached hydrogen (secondary N) is 2. The van der Waals surface area contributed by atoms with Crippen LogP contribution in [-0.2, 0) is 29.4 Å². The summed E-state index contributed by atoms with van der Waals surface area (Å²) < 4.78 is 27.1. The second-order valence-electron chi connectivity index (χ2n) is 6.46. The molecule has 152 valence electrons. The first-order chi connectivity index (χ1) is 13.5. The molecule has 0 amide bonds. The van der Waals surface area contributed by atoms with Gasteiger partial charge in [0.05, 0.1) is 18.0 Å². The van der Waals surface area contributed by atoms with Crippen LogP contribution in [0.3, 0.4) is 0 Å². The Balaban J connectivity index is 1.57. The molecule has 0 spiro atoms. The number of nitrogens with zero attached hydrogens (tertiary/aromatic N) is 3. The number of hydrogen-bond donors (Lipinski definition) is 2. The molecule has 1 aliphatic rings. The van der Waals surface area contributed by atoms with E-state index in [1.54, 1.807) is 11.3 Å². The summed E-state index contributed by atoms with van der Waals surface area (Å²) in [5, 5.41) is 7.23. The van der Waals surface area contributed by atoms with Crippen molar-refractivity contribution in [3.63, 3.8) is 0 Å². The average molecular weight is 422 g/mol. The number of rotatable bonds is 8. The van der Waals surface area contributed by atoms with Crippen LogP contribution in [0.5, 0.6) is 0 Å². The van der Waals surface area contributed by atoms with E-state index in [1.807, 2.05) is 37.4 Å². The lowest BCUT2D eigenvalue weighted by Crippen LogP contribution is -2.42. The van der Waals surface area contributed by atoms with Gasteiger partial charge in [0.15, 0.2) is 5.96 Å². The lowest BCUT2D eigenvalue weighted by atomic mass is 10.2. The quantitative estimate of drug-likeness (QED) is 0.504. The molecular weight excluding hydrogens is 394 g/mol. The number of guanidine groups is 1. The van der Waals surface area contributed by atoms with Crippen LogP contribution in [0.2, 0.25) is 0 Å². The van der Waals surface area contributed by atoms with Crippen LogP contribution in [-0.4, -0.2) is 44.7 Å². The molecule has 2 aromatic rings. The van der Waals surface area contributed by atoms with Gasteiger partial charge in [-0.05, 0) is 31.4 Å². The van der Waals surface area contributed by atoms with Crippen LogP contribution >= 0.6 is 11.3 Å². The van der Waals surface area contributed by atoms with Crippen molar-refractivity contribution in [2.75, 3.05) is 29.7 Å². The second-order valence-corrected chi connectivity index (χ2v) is 9.68. The molecule has 0 saturated carbocycles. The highest BCUT2D eigenvalue weighted by Gasteiger charge is 2.28. The molecule has 2 N–H and O–H groups in total. The van der Waals surface area contributed by atoms with Gasteiger partial charge in [-0.2, -0.15) is 0 Å². The van der Waals surface area contributed by atoms with Crippen molar-refractivity contribution in [1.82, 2.24) is 15.6 Å². The van der Waals surface area contributed by atoms with Crippen LogP contribution in [0.15, 0.2) is 35.5 Å². The highest BCUT2D eigenvalue weighted by molar-refractivity contribution is 7.92. The number of fused-ring (bicyclic) bond motifs is 1. The maximum Gasteiger partial charge on any atom is 0.236 e. The van der Waals surface area contributed by atoms with Gasteiger partial charge in [0.25, 0.3) is 0 Å². The van der Waals surface area contributed by atoms with Gasteiger partial charge in [0.2, 0.25) is 10.0 Å². The Hall–Kier alpha value is -2.13. The average Bonchev–Trinajstić information content (AvgIpc) is 3.33. The number of benzene rings is 1. The zero-order chi connectivity index (χ0) is 20.0. The van der Waals surface area contributed by atoms with E-state index in [9.17, 15) is 8.42 Å². The van der Waals surface area contributed by atoms with Crippen molar-refractivity contribution in [2.24, 2.45) is 4.99 Å². The van der Waals surface area contributed by atoms with Gasteiger partial charge < -0.3 is 10.6 Å². The highest BCUT2D eigenvalue weighted by atomic mass is 32.2. The maximum absolute atomic E-state index is 12.8. The fourth-order valence-electron chi connectivity index (χ4n) is 3.08. The SMILES string of the molecule is CCNC(=NCc1ncc(CC)s1)NCCS(=O)(=O)N1CCc2ccccc21. The number of aromatic nitrogens is 1. The zero-order valence-electron chi connectivity index (χ0n) is 16.3. The molecule has 0 unspecified atom stereocenters. The Morgan fingerprint density at radius 2 is 2.11 bits per heavy atom. The third-order valence-electron chi connectivity index (χ3n) is 4.50. The summed E-state index contributed by atoms with van der Waals surface area (Å²) in [4.78, 5) is 10.1. The van der Waals surface area contributed by atoms with Crippen LogP contribution in [0.25, 0.3) is 0 Å². The monoisotopic (exact) mass is 421 g/mol. The molecule has 7 nitrogen and oxygen atoms in total. The molecule has 1 aliphatic heterocycles. The Morgan fingerprint density at radius 1 is 1.29 bits per heavy atom. The Kier molecular flexibility index (Phi) is 6.90. The Morgan fingerprint density at radius 3 is 2.86 bits per heavy atom. The second kappa shape index (κ2) is 9.38. The molecule has 0 radical (unpaired) electrons. The third kappa shape index (κ3) is 5.02. The minimum absolute atomic E-state index is 0.0168. The van der Waals surface area contributed by atoms with E-state index in [2.05, 4.69) is 27.5 Å². The molecule has 0 bridgehead atoms. The van der Waals surface area contributed by atoms with E-state index < -0.39 is 10.0 Å². The molecule has 0 aliphatic carbocycles. The molecule has 9 heteroatoms. The van der Waals surface area contributed by atoms with Gasteiger partial charge in [0.1, 0.15) is 5.01 Å². The molecular formula is C19H27N5O2S2. The van der Waals surface area contributed by atoms with Gasteiger partial charge >= 0.3 is 0 Å². The first kappa shape index (κ1) is 20.6. The van der Waals surface area contributed by atoms with Gasteiger partial charge in [-0.25, -0.2) is 18.4 Å². The summed E-state index contributed by atoms with van der Waals surface area (Å²) in [6, 6.07) is 7.68. The van der Waals surface area contributed by atoms with E-state index >= 15 is 0 Å². The lowest BCUT2D eigenvalue weighted by molar-refractivity contribution is 0.591. The van der Waals surface area contributed by atoms with E-state index in [-0.39, 0.29) is 5.75 Å². The summed E-state index contributed by atoms with van der Waals surface area (Å²) >= 11 is 1.66. The fourth-order valence-corrected chi connectivity index (χ4v) is 5.29. The van der Waals surface area contributed by atoms with Crippen molar-refractivity contribution >= 4 is 33.0 Å². The number of thiazole rings is 1. The number of anilines is 1. The maximum atomic E-state index is 12.8. The van der Waals surface area contributed by atoms with Gasteiger partial charge in [-0.3, -0.25) is 4.31 Å². The predicted molar refractivity (Wildman–Crippen MR) is 116 cm³/mol. The normalized spacial score (nSPS) is 14.2. The van der Waals surface area contributed by atoms with Crippen molar-refractivity contribution < 1.29 is 8.42 Å². The first-order valence-corrected chi connectivity index (χ1v) is 12.0. The van der Waals surface area contributed by atoms with Crippen LogP contribution < -0.4 is 14.9 Å². The van der Waals surface area contributed by atoms with Crippen LogP contribution in [0, 0.1) is 0 Å². The summed E-state index contributed by atoms with van der Waals surface area (Å²) in [6.07, 6.45) is 3.62. The molecule has 2 heterocycles. The van der Waals surface area contributed by atoms with Crippen molar-refractivity contribution in [2.45, 2.75) is 33.2 Å². The molecule has 1 aromatic carbocycles. The molecule has 0 fully saturated rings. The Bertz CT molecular complexity index is 924. The minimum Gasteiger partial charge on any atom is -0.357 e. The molecule has 1 aromatic heterocycles. The topological polar surface area (TPSA) is 86.7 Å². The molecule has 0 saturated heterocycles. The smallest absolute Gasteiger partial charge is 0.236 e. The van der Waals surface area contributed by atoms with Gasteiger partial charge in [-0.15, -0.1) is 11.3 Å². The van der Waals surface area contributed by atoms with E-state index in [0.29, 0.717) is 32.1 Å². The van der Waals surface area contributed by atoms with Crippen molar-refractivity contribution in [3.8, 4) is 0 Å². The molecule has 3 rings (SSSR count). The summed E-state index contributed by atoms with van der Waals surface area (Å²) in [6.45, 7) is 6.08. The van der Waals surface area contributed by atoms with E-state index in [1.165, 1.54) is 9.18 Å². The number of sulfonamides is 1. The largest absolute Gasteiger partial charge is 0.357 e. The van der Waals surface area contributed by atoms with E-state index in [4.69, 9.17) is 0 Å².